The zero-order chi connectivity index (χ0) is 14.9. The second-order valence-corrected chi connectivity index (χ2v) is 4.52. The summed E-state index contributed by atoms with van der Waals surface area (Å²) in [5.41, 5.74) is 0.800. The molecule has 0 aliphatic heterocycles. The minimum atomic E-state index is -0.156. The summed E-state index contributed by atoms with van der Waals surface area (Å²) in [5, 5.41) is 9.25. The lowest BCUT2D eigenvalue weighted by molar-refractivity contribution is 0.217. The van der Waals surface area contributed by atoms with Gasteiger partial charge in [-0.25, -0.2) is 0 Å². The van der Waals surface area contributed by atoms with E-state index in [1.165, 1.54) is 0 Å². The highest BCUT2D eigenvalue weighted by molar-refractivity contribution is 6.32. The van der Waals surface area contributed by atoms with E-state index in [1.54, 1.807) is 6.07 Å². The summed E-state index contributed by atoms with van der Waals surface area (Å²) in [5.74, 6) is 6.78. The Labute approximate surface area is 129 Å². The highest BCUT2D eigenvalue weighted by atomic mass is 35.5. The zero-order valence-electron chi connectivity index (χ0n) is 11.4. The molecule has 3 nitrogen and oxygen atoms in total. The number of benzene rings is 2. The van der Waals surface area contributed by atoms with Gasteiger partial charge in [0.2, 0.25) is 0 Å². The van der Waals surface area contributed by atoms with Crippen LogP contribution in [0.3, 0.4) is 0 Å². The van der Waals surface area contributed by atoms with Crippen molar-refractivity contribution in [2.24, 2.45) is 0 Å². The molecule has 0 aliphatic carbocycles. The zero-order valence-corrected chi connectivity index (χ0v) is 12.1. The molecule has 0 aromatic heterocycles. The van der Waals surface area contributed by atoms with E-state index >= 15 is 0 Å². The van der Waals surface area contributed by atoms with Gasteiger partial charge in [0.15, 0.2) is 0 Å². The Balaban J connectivity index is 1.82. The van der Waals surface area contributed by atoms with Gasteiger partial charge in [-0.2, -0.15) is 0 Å². The Morgan fingerprint density at radius 2 is 1.81 bits per heavy atom. The van der Waals surface area contributed by atoms with E-state index in [0.717, 1.165) is 5.56 Å². The Bertz CT molecular complexity index is 644. The lowest BCUT2D eigenvalue weighted by Gasteiger charge is -2.09. The fourth-order valence-electron chi connectivity index (χ4n) is 1.68. The van der Waals surface area contributed by atoms with Gasteiger partial charge in [-0.3, -0.25) is 0 Å². The van der Waals surface area contributed by atoms with Gasteiger partial charge in [0.05, 0.1) is 5.02 Å². The third-order valence-electron chi connectivity index (χ3n) is 2.59. The largest absolute Gasteiger partial charge is 0.490 e. The molecule has 0 saturated carbocycles. The van der Waals surface area contributed by atoms with Crippen LogP contribution in [0.2, 0.25) is 5.02 Å². The van der Waals surface area contributed by atoms with Crippen LogP contribution in [0.4, 0.5) is 0 Å². The molecule has 0 fully saturated rings. The van der Waals surface area contributed by atoms with E-state index in [9.17, 15) is 0 Å². The number of hydrogen-bond acceptors (Lipinski definition) is 3. The Hall–Kier alpha value is -2.15. The van der Waals surface area contributed by atoms with Gasteiger partial charge in [0.25, 0.3) is 0 Å². The molecule has 1 N–H and O–H groups in total. The summed E-state index contributed by atoms with van der Waals surface area (Å²) in [6.07, 6.45) is 0. The van der Waals surface area contributed by atoms with E-state index in [1.807, 2.05) is 42.5 Å². The average Bonchev–Trinajstić information content (AvgIpc) is 2.51. The van der Waals surface area contributed by atoms with Gasteiger partial charge >= 0.3 is 0 Å². The molecule has 0 radical (unpaired) electrons. The average molecular weight is 303 g/mol. The molecule has 108 valence electrons. The van der Waals surface area contributed by atoms with Crippen LogP contribution in [0.5, 0.6) is 11.5 Å². The molecular weight excluding hydrogens is 288 g/mol. The van der Waals surface area contributed by atoms with E-state index in [0.29, 0.717) is 29.7 Å². The van der Waals surface area contributed by atoms with E-state index in [2.05, 4.69) is 11.8 Å². The molecule has 0 bridgehead atoms. The first-order valence-electron chi connectivity index (χ1n) is 6.49. The van der Waals surface area contributed by atoms with Crippen molar-refractivity contribution >= 4 is 11.6 Å². The molecule has 0 amide bonds. The van der Waals surface area contributed by atoms with Crippen molar-refractivity contribution in [1.82, 2.24) is 0 Å². The molecule has 0 heterocycles. The molecule has 2 aromatic carbocycles. The van der Waals surface area contributed by atoms with Crippen molar-refractivity contribution in [2.45, 2.75) is 0 Å². The smallest absolute Gasteiger partial charge is 0.138 e. The van der Waals surface area contributed by atoms with Gasteiger partial charge < -0.3 is 14.6 Å². The fourth-order valence-corrected chi connectivity index (χ4v) is 1.87. The van der Waals surface area contributed by atoms with Crippen molar-refractivity contribution in [2.75, 3.05) is 19.8 Å². The van der Waals surface area contributed by atoms with Crippen LogP contribution in [-0.4, -0.2) is 24.9 Å². The van der Waals surface area contributed by atoms with Gasteiger partial charge in [-0.05, 0) is 30.3 Å². The standard InChI is InChI=1S/C17H15ClO3/c18-16-8-1-2-9-17(16)21-12-11-20-15-7-3-5-14(13-15)6-4-10-19/h1-3,5,7-9,13,19H,10-12H2. The lowest BCUT2D eigenvalue weighted by atomic mass is 10.2. The van der Waals surface area contributed by atoms with Crippen LogP contribution in [-0.2, 0) is 0 Å². The summed E-state index contributed by atoms with van der Waals surface area (Å²) in [6.45, 7) is 0.648. The number of hydrogen-bond donors (Lipinski definition) is 1. The summed E-state index contributed by atoms with van der Waals surface area (Å²) in [6, 6.07) is 14.7. The first-order valence-corrected chi connectivity index (χ1v) is 6.87. The monoisotopic (exact) mass is 302 g/mol. The molecule has 21 heavy (non-hydrogen) atoms. The maximum Gasteiger partial charge on any atom is 0.138 e. The topological polar surface area (TPSA) is 38.7 Å². The molecule has 0 aliphatic rings. The molecule has 2 aromatic rings. The highest BCUT2D eigenvalue weighted by Gasteiger charge is 2.00. The molecule has 4 heteroatoms. The first-order chi connectivity index (χ1) is 10.3. The van der Waals surface area contributed by atoms with Crippen molar-refractivity contribution < 1.29 is 14.6 Å². The number of aliphatic hydroxyl groups is 1. The van der Waals surface area contributed by atoms with Crippen LogP contribution in [0.15, 0.2) is 48.5 Å². The van der Waals surface area contributed by atoms with Crippen molar-refractivity contribution in [3.63, 3.8) is 0 Å². The van der Waals surface area contributed by atoms with Crippen molar-refractivity contribution in [3.8, 4) is 23.3 Å². The molecule has 0 spiro atoms. The summed E-state index contributed by atoms with van der Waals surface area (Å²) in [7, 11) is 0. The SMILES string of the molecule is OCC#Cc1cccc(OCCOc2ccccc2Cl)c1. The molecule has 2 rings (SSSR count). The number of aliphatic hydroxyl groups excluding tert-OH is 1. The maximum absolute atomic E-state index is 8.67. The maximum atomic E-state index is 8.67. The van der Waals surface area contributed by atoms with E-state index in [-0.39, 0.29) is 6.61 Å². The lowest BCUT2D eigenvalue weighted by Crippen LogP contribution is -2.09. The van der Waals surface area contributed by atoms with Gasteiger partial charge in [0, 0.05) is 5.56 Å². The number of para-hydroxylation sites is 1. The predicted molar refractivity (Wildman–Crippen MR) is 82.8 cm³/mol. The summed E-state index contributed by atoms with van der Waals surface area (Å²) < 4.78 is 11.1. The van der Waals surface area contributed by atoms with Crippen LogP contribution in [0.25, 0.3) is 0 Å². The Kier molecular flexibility index (Phi) is 5.96. The van der Waals surface area contributed by atoms with Crippen LogP contribution in [0.1, 0.15) is 5.56 Å². The highest BCUT2D eigenvalue weighted by Crippen LogP contribution is 2.22. The third kappa shape index (κ3) is 5.03. The number of rotatable bonds is 5. The fraction of sp³-hybridized carbons (Fsp3) is 0.176. The summed E-state index contributed by atoms with van der Waals surface area (Å²) >= 11 is 5.99. The third-order valence-corrected chi connectivity index (χ3v) is 2.90. The minimum Gasteiger partial charge on any atom is -0.490 e. The van der Waals surface area contributed by atoms with Crippen molar-refractivity contribution in [3.05, 3.63) is 59.1 Å². The predicted octanol–water partition coefficient (Wildman–Crippen LogP) is 3.14. The van der Waals surface area contributed by atoms with Gasteiger partial charge in [0.1, 0.15) is 31.3 Å². The first kappa shape index (κ1) is 15.2. The quantitative estimate of drug-likeness (QED) is 0.681. The normalized spacial score (nSPS) is 9.62. The number of ether oxygens (including phenoxy) is 2. The van der Waals surface area contributed by atoms with Crippen molar-refractivity contribution in [1.29, 1.82) is 0 Å². The molecule has 0 atom stereocenters. The Morgan fingerprint density at radius 1 is 1.00 bits per heavy atom. The Morgan fingerprint density at radius 3 is 2.62 bits per heavy atom. The molecule has 0 unspecified atom stereocenters. The molecular formula is C17H15ClO3. The van der Waals surface area contributed by atoms with Gasteiger partial charge in [-0.15, -0.1) is 0 Å². The van der Waals surface area contributed by atoms with E-state index < -0.39 is 0 Å². The summed E-state index contributed by atoms with van der Waals surface area (Å²) in [4.78, 5) is 0. The second-order valence-electron chi connectivity index (χ2n) is 4.12. The van der Waals surface area contributed by atoms with E-state index in [4.69, 9.17) is 26.2 Å². The van der Waals surface area contributed by atoms with Crippen LogP contribution in [0, 0.1) is 11.8 Å². The van der Waals surface area contributed by atoms with Crippen LogP contribution < -0.4 is 9.47 Å². The number of halogens is 1. The molecule has 0 saturated heterocycles. The second kappa shape index (κ2) is 8.21. The van der Waals surface area contributed by atoms with Gasteiger partial charge in [-0.1, -0.05) is 41.6 Å². The minimum absolute atomic E-state index is 0.156. The van der Waals surface area contributed by atoms with Crippen LogP contribution >= 0.6 is 11.6 Å².